The van der Waals surface area contributed by atoms with Crippen LogP contribution in [-0.2, 0) is 23.7 Å². The molecule has 0 spiro atoms. The minimum Gasteiger partial charge on any atom is -0.459 e. The van der Waals surface area contributed by atoms with Gasteiger partial charge in [0, 0.05) is 38.2 Å². The number of aliphatic hydroxyl groups is 3. The molecule has 0 aromatic heterocycles. The van der Waals surface area contributed by atoms with E-state index >= 15 is 0 Å². The fraction of sp³-hybridized carbons (Fsp3) is 0.935. The molecule has 1 unspecified atom stereocenters. The van der Waals surface area contributed by atoms with Crippen LogP contribution in [0.5, 0.6) is 0 Å². The average Bonchev–Trinajstić information content (AvgIpc) is 2.91. The van der Waals surface area contributed by atoms with Crippen molar-refractivity contribution in [2.75, 3.05) is 14.2 Å². The first-order chi connectivity index (χ1) is 18.3. The normalized spacial score (nSPS) is 50.2. The van der Waals surface area contributed by atoms with Gasteiger partial charge in [-0.3, -0.25) is 4.79 Å². The van der Waals surface area contributed by atoms with Crippen molar-refractivity contribution in [1.82, 2.24) is 0 Å². The molecule has 4 N–H and O–H groups in total. The third-order valence-electron chi connectivity index (χ3n) is 10.8. The lowest BCUT2D eigenvalue weighted by Gasteiger charge is -2.51. The number of methoxy groups -OCH3 is 2. The molecule has 0 radical (unpaired) electrons. The molecule has 0 saturated carbocycles. The number of hydrogen-bond acceptors (Lipinski definition) is 9. The van der Waals surface area contributed by atoms with Crippen molar-refractivity contribution in [1.29, 1.82) is 5.41 Å². The van der Waals surface area contributed by atoms with Crippen molar-refractivity contribution in [2.24, 2.45) is 35.5 Å². The predicted molar refractivity (Wildman–Crippen MR) is 154 cm³/mol. The molecule has 2 heterocycles. The number of cyclic esters (lactones) is 1. The Kier molecular flexibility index (Phi) is 11.4. The Labute approximate surface area is 241 Å². The molecule has 14 atom stereocenters. The van der Waals surface area contributed by atoms with Gasteiger partial charge in [-0.2, -0.15) is 0 Å². The third kappa shape index (κ3) is 6.60. The van der Waals surface area contributed by atoms with Crippen LogP contribution in [0.3, 0.4) is 0 Å². The number of ether oxygens (including phenoxy) is 4. The second kappa shape index (κ2) is 13.0. The molecule has 2 rings (SSSR count). The number of nitrogens with one attached hydrogen (secondary N) is 1. The lowest BCUT2D eigenvalue weighted by atomic mass is 9.65. The highest BCUT2D eigenvalue weighted by Gasteiger charge is 2.53. The van der Waals surface area contributed by atoms with Crippen LogP contribution in [-0.4, -0.2) is 88.5 Å². The molecule has 9 nitrogen and oxygen atoms in total. The highest BCUT2D eigenvalue weighted by molar-refractivity contribution is 5.86. The maximum Gasteiger partial charge on any atom is 0.309 e. The molecule has 2 aliphatic rings. The van der Waals surface area contributed by atoms with E-state index in [0.717, 1.165) is 0 Å². The summed E-state index contributed by atoms with van der Waals surface area (Å²) in [6.07, 6.45) is -2.87. The minimum atomic E-state index is -1.77. The van der Waals surface area contributed by atoms with Gasteiger partial charge in [0.1, 0.15) is 17.8 Å². The summed E-state index contributed by atoms with van der Waals surface area (Å²) in [5.74, 6) is -2.53. The second-order valence-electron chi connectivity index (χ2n) is 13.4. The number of rotatable bonds is 4. The predicted octanol–water partition coefficient (Wildman–Crippen LogP) is 3.99. The molecule has 2 saturated heterocycles. The van der Waals surface area contributed by atoms with E-state index in [1.807, 2.05) is 34.6 Å². The average molecular weight is 572 g/mol. The van der Waals surface area contributed by atoms with Gasteiger partial charge in [-0.15, -0.1) is 0 Å². The Morgan fingerprint density at radius 3 is 1.98 bits per heavy atom. The van der Waals surface area contributed by atoms with Crippen molar-refractivity contribution in [3.63, 3.8) is 0 Å². The first-order valence-electron chi connectivity index (χ1n) is 15.0. The number of hydrogen-bond donors (Lipinski definition) is 4. The van der Waals surface area contributed by atoms with Gasteiger partial charge in [-0.25, -0.2) is 0 Å². The van der Waals surface area contributed by atoms with E-state index in [9.17, 15) is 20.1 Å². The molecule has 0 amide bonds. The van der Waals surface area contributed by atoms with Crippen LogP contribution in [0.4, 0.5) is 0 Å². The zero-order chi connectivity index (χ0) is 31.0. The largest absolute Gasteiger partial charge is 0.459 e. The molecule has 0 aromatic carbocycles. The monoisotopic (exact) mass is 571 g/mol. The number of aliphatic hydroxyl groups excluding tert-OH is 2. The summed E-state index contributed by atoms with van der Waals surface area (Å²) in [5.41, 5.74) is -2.99. The minimum absolute atomic E-state index is 0.0687. The van der Waals surface area contributed by atoms with Gasteiger partial charge in [0.15, 0.2) is 0 Å². The summed E-state index contributed by atoms with van der Waals surface area (Å²) < 4.78 is 24.3. The smallest absolute Gasteiger partial charge is 0.309 e. The van der Waals surface area contributed by atoms with E-state index in [-0.39, 0.29) is 23.7 Å². The van der Waals surface area contributed by atoms with E-state index < -0.39 is 65.1 Å². The van der Waals surface area contributed by atoms with Crippen molar-refractivity contribution in [3.8, 4) is 0 Å². The fourth-order valence-corrected chi connectivity index (χ4v) is 7.36. The zero-order valence-corrected chi connectivity index (χ0v) is 26.9. The van der Waals surface area contributed by atoms with Gasteiger partial charge in [0.2, 0.25) is 0 Å². The van der Waals surface area contributed by atoms with Crippen LogP contribution >= 0.6 is 0 Å². The van der Waals surface area contributed by atoms with E-state index in [1.54, 1.807) is 28.1 Å². The number of carbonyl (C=O) groups is 1. The van der Waals surface area contributed by atoms with Crippen LogP contribution in [0.25, 0.3) is 0 Å². The van der Waals surface area contributed by atoms with Crippen LogP contribution in [0.2, 0.25) is 0 Å². The maximum absolute atomic E-state index is 13.8. The van der Waals surface area contributed by atoms with Crippen LogP contribution in [0, 0.1) is 40.9 Å². The van der Waals surface area contributed by atoms with Crippen molar-refractivity contribution < 1.29 is 39.1 Å². The van der Waals surface area contributed by atoms with Crippen LogP contribution < -0.4 is 0 Å². The second-order valence-corrected chi connectivity index (χ2v) is 13.4. The highest BCUT2D eigenvalue weighted by atomic mass is 16.6. The standard InChI is InChI=1S/C31H57NO8/c1-13-23-31(10,36)26(33)19(5)25(32)16(2)14-29(8,37-11)20(6)17(3)24(18(4)28(35)40-23)22-15-30(9,38-12)27(34)21(7)39-22/h16-24,26-27,32-34,36H,13-15H2,1-12H3/t16-,17-,18-,19+,20-,21+,22?,23-,24+,26-,27+,29-,30-,31-/m1/s1. The van der Waals surface area contributed by atoms with Gasteiger partial charge < -0.3 is 39.7 Å². The van der Waals surface area contributed by atoms with Gasteiger partial charge in [-0.05, 0) is 58.3 Å². The SMILES string of the molecule is CC[C@H]1OC(=O)[C@H](C)[C@@H](C2C[C@@](C)(OC)[C@@H](O)[C@H](C)O2)[C@H](C)[C@@H](C)[C@](C)(OC)C[C@@H](C)C(=N)[C@H](C)[C@@H](O)[C@]1(C)O. The molecular formula is C31H57NO8. The van der Waals surface area contributed by atoms with Gasteiger partial charge in [0.25, 0.3) is 0 Å². The molecular weight excluding hydrogens is 514 g/mol. The third-order valence-corrected chi connectivity index (χ3v) is 10.8. The summed E-state index contributed by atoms with van der Waals surface area (Å²) in [6.45, 7) is 18.7. The quantitative estimate of drug-likeness (QED) is 0.372. The molecule has 9 heteroatoms. The van der Waals surface area contributed by atoms with Crippen molar-refractivity contribution >= 4 is 11.7 Å². The molecule has 234 valence electrons. The summed E-state index contributed by atoms with van der Waals surface area (Å²) in [5, 5.41) is 42.5. The number of esters is 1. The van der Waals surface area contributed by atoms with Gasteiger partial charge in [-0.1, -0.05) is 41.5 Å². The number of carbonyl (C=O) groups excluding carboxylic acids is 1. The zero-order valence-electron chi connectivity index (χ0n) is 26.9. The maximum atomic E-state index is 13.8. The Hall–Kier alpha value is -1.10. The Bertz CT molecular complexity index is 881. The van der Waals surface area contributed by atoms with Crippen molar-refractivity contribution in [2.45, 2.75) is 136 Å². The summed E-state index contributed by atoms with van der Waals surface area (Å²) in [4.78, 5) is 13.8. The van der Waals surface area contributed by atoms with E-state index in [1.165, 1.54) is 6.92 Å². The summed E-state index contributed by atoms with van der Waals surface area (Å²) in [7, 11) is 3.25. The van der Waals surface area contributed by atoms with Crippen LogP contribution in [0.1, 0.15) is 88.5 Å². The Morgan fingerprint density at radius 2 is 1.48 bits per heavy atom. The van der Waals surface area contributed by atoms with Crippen LogP contribution in [0.15, 0.2) is 0 Å². The Morgan fingerprint density at radius 1 is 0.925 bits per heavy atom. The van der Waals surface area contributed by atoms with Gasteiger partial charge in [0.05, 0.1) is 35.4 Å². The van der Waals surface area contributed by atoms with E-state index in [2.05, 4.69) is 13.8 Å². The molecule has 0 bridgehead atoms. The molecule has 40 heavy (non-hydrogen) atoms. The first kappa shape index (κ1) is 35.1. The fourth-order valence-electron chi connectivity index (χ4n) is 7.36. The highest BCUT2D eigenvalue weighted by Crippen LogP contribution is 2.46. The lowest BCUT2D eigenvalue weighted by Crippen LogP contribution is -2.60. The van der Waals surface area contributed by atoms with Crippen molar-refractivity contribution in [3.05, 3.63) is 0 Å². The van der Waals surface area contributed by atoms with E-state index in [0.29, 0.717) is 25.0 Å². The van der Waals surface area contributed by atoms with E-state index in [4.69, 9.17) is 24.4 Å². The first-order valence-corrected chi connectivity index (χ1v) is 15.0. The molecule has 2 aliphatic heterocycles. The molecule has 0 aliphatic carbocycles. The topological polar surface area (TPSA) is 139 Å². The molecule has 2 fully saturated rings. The lowest BCUT2D eigenvalue weighted by molar-refractivity contribution is -0.236. The van der Waals surface area contributed by atoms with Gasteiger partial charge >= 0.3 is 5.97 Å². The summed E-state index contributed by atoms with van der Waals surface area (Å²) >= 11 is 0. The summed E-state index contributed by atoms with van der Waals surface area (Å²) in [6, 6.07) is 0. The Balaban J connectivity index is 2.68. The molecule has 0 aromatic rings.